The van der Waals surface area contributed by atoms with E-state index in [0.717, 1.165) is 56.7 Å². The predicted molar refractivity (Wildman–Crippen MR) is 86.9 cm³/mol. The van der Waals surface area contributed by atoms with Crippen LogP contribution >= 0.6 is 0 Å². The molecule has 1 amide bonds. The van der Waals surface area contributed by atoms with Gasteiger partial charge in [-0.2, -0.15) is 0 Å². The van der Waals surface area contributed by atoms with Gasteiger partial charge >= 0.3 is 0 Å². The van der Waals surface area contributed by atoms with Crippen molar-refractivity contribution >= 4 is 11.6 Å². The molecule has 0 spiro atoms. The number of hydrogen-bond acceptors (Lipinski definition) is 4. The molecule has 1 aliphatic heterocycles. The van der Waals surface area contributed by atoms with E-state index in [-0.39, 0.29) is 23.8 Å². The van der Waals surface area contributed by atoms with Crippen molar-refractivity contribution in [2.45, 2.75) is 44.1 Å². The fourth-order valence-electron chi connectivity index (χ4n) is 4.03. The summed E-state index contributed by atoms with van der Waals surface area (Å²) >= 11 is 0. The Labute approximate surface area is 135 Å². The summed E-state index contributed by atoms with van der Waals surface area (Å²) in [6.45, 7) is 1.61. The predicted octanol–water partition coefficient (Wildman–Crippen LogP) is 1.56. The van der Waals surface area contributed by atoms with E-state index < -0.39 is 0 Å². The number of piperidine rings is 1. The number of carbonyl (C=O) groups excluding carboxylic acids is 1. The van der Waals surface area contributed by atoms with Crippen molar-refractivity contribution in [2.24, 2.45) is 11.7 Å². The quantitative estimate of drug-likeness (QED) is 0.913. The van der Waals surface area contributed by atoms with Crippen LogP contribution in [0.2, 0.25) is 0 Å². The van der Waals surface area contributed by atoms with Gasteiger partial charge in [0, 0.05) is 37.2 Å². The SMILES string of the molecule is NC1CCC(C(=O)N2CCCC(c3nnc4ccccn34)C2)C1. The highest BCUT2D eigenvalue weighted by molar-refractivity contribution is 5.79. The molecule has 4 rings (SSSR count). The lowest BCUT2D eigenvalue weighted by molar-refractivity contribution is -0.136. The molecular weight excluding hydrogens is 290 g/mol. The van der Waals surface area contributed by atoms with Gasteiger partial charge in [-0.1, -0.05) is 6.07 Å². The first-order valence-corrected chi connectivity index (χ1v) is 8.56. The average Bonchev–Trinajstić information content (AvgIpc) is 3.20. The summed E-state index contributed by atoms with van der Waals surface area (Å²) in [6, 6.07) is 6.12. The number of fused-ring (bicyclic) bond motifs is 1. The van der Waals surface area contributed by atoms with Crippen LogP contribution < -0.4 is 5.73 Å². The second-order valence-corrected chi connectivity index (χ2v) is 6.88. The van der Waals surface area contributed by atoms with Crippen LogP contribution in [0.15, 0.2) is 24.4 Å². The first-order chi connectivity index (χ1) is 11.2. The molecule has 2 N–H and O–H groups in total. The lowest BCUT2D eigenvalue weighted by Gasteiger charge is -2.33. The summed E-state index contributed by atoms with van der Waals surface area (Å²) in [7, 11) is 0. The van der Waals surface area contributed by atoms with E-state index in [2.05, 4.69) is 10.2 Å². The van der Waals surface area contributed by atoms with Gasteiger partial charge in [-0.15, -0.1) is 10.2 Å². The molecule has 6 heteroatoms. The fraction of sp³-hybridized carbons (Fsp3) is 0.588. The molecule has 122 valence electrons. The number of likely N-dealkylation sites (tertiary alicyclic amines) is 1. The first kappa shape index (κ1) is 14.6. The summed E-state index contributed by atoms with van der Waals surface area (Å²) in [4.78, 5) is 14.8. The van der Waals surface area contributed by atoms with Gasteiger partial charge in [0.2, 0.25) is 5.91 Å². The van der Waals surface area contributed by atoms with Gasteiger partial charge < -0.3 is 10.6 Å². The molecule has 2 aromatic heterocycles. The van der Waals surface area contributed by atoms with Crippen molar-refractivity contribution in [3.05, 3.63) is 30.2 Å². The van der Waals surface area contributed by atoms with Gasteiger partial charge in [0.1, 0.15) is 5.82 Å². The molecule has 0 aromatic carbocycles. The fourth-order valence-corrected chi connectivity index (χ4v) is 4.03. The van der Waals surface area contributed by atoms with Gasteiger partial charge in [0.25, 0.3) is 0 Å². The Balaban J connectivity index is 1.52. The van der Waals surface area contributed by atoms with Crippen LogP contribution in [0.4, 0.5) is 0 Å². The van der Waals surface area contributed by atoms with Crippen molar-refractivity contribution in [2.75, 3.05) is 13.1 Å². The summed E-state index contributed by atoms with van der Waals surface area (Å²) in [5, 5.41) is 8.62. The van der Waals surface area contributed by atoms with Crippen LogP contribution in [-0.4, -0.2) is 44.5 Å². The maximum Gasteiger partial charge on any atom is 0.225 e. The Morgan fingerprint density at radius 1 is 1.22 bits per heavy atom. The van der Waals surface area contributed by atoms with Crippen molar-refractivity contribution in [1.82, 2.24) is 19.5 Å². The minimum atomic E-state index is 0.124. The van der Waals surface area contributed by atoms with Crippen molar-refractivity contribution in [3.63, 3.8) is 0 Å². The van der Waals surface area contributed by atoms with Crippen LogP contribution in [0.5, 0.6) is 0 Å². The Hall–Kier alpha value is -1.95. The molecular formula is C17H23N5O. The van der Waals surface area contributed by atoms with E-state index in [1.54, 1.807) is 0 Å². The molecule has 23 heavy (non-hydrogen) atoms. The van der Waals surface area contributed by atoms with Crippen LogP contribution in [0.25, 0.3) is 5.65 Å². The Morgan fingerprint density at radius 2 is 2.13 bits per heavy atom. The van der Waals surface area contributed by atoms with Crippen molar-refractivity contribution in [3.8, 4) is 0 Å². The molecule has 2 aromatic rings. The number of aromatic nitrogens is 3. The van der Waals surface area contributed by atoms with Crippen LogP contribution in [-0.2, 0) is 4.79 Å². The summed E-state index contributed by atoms with van der Waals surface area (Å²) < 4.78 is 2.05. The summed E-state index contributed by atoms with van der Waals surface area (Å²) in [5.41, 5.74) is 6.84. The zero-order chi connectivity index (χ0) is 15.8. The largest absolute Gasteiger partial charge is 0.342 e. The monoisotopic (exact) mass is 313 g/mol. The van der Waals surface area contributed by atoms with Gasteiger partial charge in [-0.05, 0) is 44.2 Å². The third-order valence-electron chi connectivity index (χ3n) is 5.26. The van der Waals surface area contributed by atoms with E-state index in [4.69, 9.17) is 5.73 Å². The van der Waals surface area contributed by atoms with Crippen LogP contribution in [0.1, 0.15) is 43.8 Å². The maximum atomic E-state index is 12.8. The van der Waals surface area contributed by atoms with E-state index >= 15 is 0 Å². The maximum absolute atomic E-state index is 12.8. The van der Waals surface area contributed by atoms with Gasteiger partial charge in [0.05, 0.1) is 0 Å². The molecule has 1 saturated carbocycles. The minimum absolute atomic E-state index is 0.124. The number of hydrogen-bond donors (Lipinski definition) is 1. The Bertz CT molecular complexity index is 712. The number of pyridine rings is 1. The molecule has 2 fully saturated rings. The molecule has 2 aliphatic rings. The topological polar surface area (TPSA) is 76.5 Å². The smallest absolute Gasteiger partial charge is 0.225 e. The molecule has 6 nitrogen and oxygen atoms in total. The van der Waals surface area contributed by atoms with Crippen LogP contribution in [0.3, 0.4) is 0 Å². The van der Waals surface area contributed by atoms with E-state index in [1.807, 2.05) is 33.7 Å². The van der Waals surface area contributed by atoms with Gasteiger partial charge in [0.15, 0.2) is 5.65 Å². The number of amides is 1. The number of nitrogens with zero attached hydrogens (tertiary/aromatic N) is 4. The highest BCUT2D eigenvalue weighted by atomic mass is 16.2. The second-order valence-electron chi connectivity index (χ2n) is 6.88. The van der Waals surface area contributed by atoms with E-state index in [9.17, 15) is 4.79 Å². The zero-order valence-corrected chi connectivity index (χ0v) is 13.3. The van der Waals surface area contributed by atoms with E-state index in [0.29, 0.717) is 0 Å². The zero-order valence-electron chi connectivity index (χ0n) is 13.3. The van der Waals surface area contributed by atoms with Crippen LogP contribution in [0, 0.1) is 5.92 Å². The molecule has 1 saturated heterocycles. The second kappa shape index (κ2) is 5.92. The molecule has 3 unspecified atom stereocenters. The number of rotatable bonds is 2. The van der Waals surface area contributed by atoms with Gasteiger partial charge in [-0.25, -0.2) is 0 Å². The normalized spacial score (nSPS) is 28.4. The third-order valence-corrected chi connectivity index (χ3v) is 5.26. The van der Waals surface area contributed by atoms with Crippen molar-refractivity contribution < 1.29 is 4.79 Å². The molecule has 0 radical (unpaired) electrons. The lowest BCUT2D eigenvalue weighted by atomic mass is 9.95. The van der Waals surface area contributed by atoms with E-state index in [1.165, 1.54) is 0 Å². The summed E-state index contributed by atoms with van der Waals surface area (Å²) in [5.74, 6) is 1.65. The third kappa shape index (κ3) is 2.72. The molecule has 3 heterocycles. The average molecular weight is 313 g/mol. The number of carbonyl (C=O) groups is 1. The highest BCUT2D eigenvalue weighted by Gasteiger charge is 2.34. The molecule has 3 atom stereocenters. The lowest BCUT2D eigenvalue weighted by Crippen LogP contribution is -2.42. The standard InChI is InChI=1S/C17H23N5O/c18-14-7-6-12(10-14)17(23)21-8-3-4-13(11-21)16-20-19-15-5-1-2-9-22(15)16/h1-2,5,9,12-14H,3-4,6-8,10-11,18H2. The highest BCUT2D eigenvalue weighted by Crippen LogP contribution is 2.30. The minimum Gasteiger partial charge on any atom is -0.342 e. The molecule has 0 bridgehead atoms. The van der Waals surface area contributed by atoms with Crippen molar-refractivity contribution in [1.29, 1.82) is 0 Å². The van der Waals surface area contributed by atoms with Gasteiger partial charge in [-0.3, -0.25) is 9.20 Å². The first-order valence-electron chi connectivity index (χ1n) is 8.56. The molecule has 1 aliphatic carbocycles. The summed E-state index contributed by atoms with van der Waals surface area (Å²) in [6.07, 6.45) is 6.84. The number of nitrogens with two attached hydrogens (primary N) is 1. The Kier molecular flexibility index (Phi) is 3.77. The Morgan fingerprint density at radius 3 is 2.96 bits per heavy atom.